The molecule has 0 aromatic heterocycles. The molecule has 0 saturated heterocycles. The van der Waals surface area contributed by atoms with Crippen LogP contribution in [0.2, 0.25) is 0 Å². The van der Waals surface area contributed by atoms with Gasteiger partial charge in [-0.05, 0) is 43.9 Å². The highest BCUT2D eigenvalue weighted by atomic mass is 79.9. The predicted molar refractivity (Wildman–Crippen MR) is 230 cm³/mol. The lowest BCUT2D eigenvalue weighted by Gasteiger charge is -2.32. The summed E-state index contributed by atoms with van der Waals surface area (Å²) in [5, 5.41) is 0. The molecule has 0 fully saturated rings. The molecule has 0 spiro atoms. The van der Waals surface area contributed by atoms with Crippen LogP contribution in [0.1, 0.15) is 210 Å². The predicted octanol–water partition coefficient (Wildman–Crippen LogP) is 5.02. The van der Waals surface area contributed by atoms with Crippen LogP contribution in [-0.2, 0) is 19.6 Å². The zero-order chi connectivity index (χ0) is 37.7. The van der Waals surface area contributed by atoms with Crippen molar-refractivity contribution in [2.75, 3.05) is 62.4 Å². The summed E-state index contributed by atoms with van der Waals surface area (Å²) in [4.78, 5) is 0. The Morgan fingerprint density at radius 1 is 0.296 bits per heavy atom. The van der Waals surface area contributed by atoms with Crippen molar-refractivity contribution in [1.29, 1.82) is 0 Å². The van der Waals surface area contributed by atoms with Gasteiger partial charge in [0.05, 0.1) is 62.4 Å². The smallest absolute Gasteiger partial charge is 0.104 e. The van der Waals surface area contributed by atoms with E-state index in [9.17, 15) is 0 Å². The number of unbranched alkanes of at least 4 members (excludes halogenated alkanes) is 26. The van der Waals surface area contributed by atoms with Gasteiger partial charge in [0.15, 0.2) is 0 Å². The average molecular weight is 955 g/mol. The van der Waals surface area contributed by atoms with Crippen LogP contribution in [0.3, 0.4) is 0 Å². The van der Waals surface area contributed by atoms with Gasteiger partial charge < -0.3 is 64.4 Å². The highest BCUT2D eigenvalue weighted by Crippen LogP contribution is 2.22. The quantitative estimate of drug-likeness (QED) is 0.0656. The van der Waals surface area contributed by atoms with Gasteiger partial charge in [-0.2, -0.15) is 0 Å². The Morgan fingerprint density at radius 3 is 0.722 bits per heavy atom. The molecular weight excluding hydrogens is 858 g/mol. The number of halogens is 3. The van der Waals surface area contributed by atoms with Crippen molar-refractivity contribution in [3.05, 3.63) is 34.9 Å². The monoisotopic (exact) mass is 952 g/mol. The summed E-state index contributed by atoms with van der Waals surface area (Å²) >= 11 is 0. The number of hydrogen-bond donors (Lipinski definition) is 0. The van der Waals surface area contributed by atoms with Crippen molar-refractivity contribution < 1.29 is 64.4 Å². The van der Waals surface area contributed by atoms with Crippen molar-refractivity contribution in [1.82, 2.24) is 0 Å². The maximum atomic E-state index is 2.57. The molecule has 324 valence electrons. The lowest BCUT2D eigenvalue weighted by Crippen LogP contribution is -3.00. The summed E-state index contributed by atoms with van der Waals surface area (Å²) in [5.74, 6) is 0. The maximum absolute atomic E-state index is 2.57. The van der Waals surface area contributed by atoms with E-state index in [0.717, 1.165) is 33.1 Å². The SMILES string of the molecule is CCCCCCCCCCCCCCCC[N+](C)(C)Cc1cc(C[N+](C)(C)C)cc(C[N+](C)(C)CCCCCCCCCCCCCCCC)c1.[Br-].[Br-].[Br-]. The van der Waals surface area contributed by atoms with E-state index < -0.39 is 0 Å². The van der Waals surface area contributed by atoms with E-state index in [0.29, 0.717) is 0 Å². The number of nitrogens with zero attached hydrogens (tertiary/aromatic N) is 3. The van der Waals surface area contributed by atoms with Crippen LogP contribution >= 0.6 is 0 Å². The normalized spacial score (nSPS) is 11.9. The van der Waals surface area contributed by atoms with Gasteiger partial charge in [0.25, 0.3) is 0 Å². The molecule has 1 rings (SSSR count). The van der Waals surface area contributed by atoms with Crippen LogP contribution in [-0.4, -0.2) is 75.9 Å². The first kappa shape index (κ1) is 58.9. The second-order valence-electron chi connectivity index (χ2n) is 19.4. The third kappa shape index (κ3) is 36.9. The van der Waals surface area contributed by atoms with Crippen molar-refractivity contribution in [2.45, 2.75) is 213 Å². The van der Waals surface area contributed by atoms with Crippen LogP contribution in [0.15, 0.2) is 18.2 Å². The molecule has 0 heterocycles. The molecule has 0 radical (unpaired) electrons. The number of rotatable bonds is 36. The van der Waals surface area contributed by atoms with E-state index in [2.05, 4.69) is 81.4 Å². The second-order valence-corrected chi connectivity index (χ2v) is 19.4. The van der Waals surface area contributed by atoms with Crippen molar-refractivity contribution in [3.8, 4) is 0 Å². The van der Waals surface area contributed by atoms with Crippen molar-refractivity contribution >= 4 is 0 Å². The summed E-state index contributed by atoms with van der Waals surface area (Å²) in [6.45, 7) is 10.6. The summed E-state index contributed by atoms with van der Waals surface area (Å²) in [6, 6.07) is 7.63. The maximum Gasteiger partial charge on any atom is 0.104 e. The molecule has 0 amide bonds. The Kier molecular flexibility index (Phi) is 39.9. The Bertz CT molecular complexity index is 879. The Labute approximate surface area is 372 Å². The minimum Gasteiger partial charge on any atom is -1.00 e. The van der Waals surface area contributed by atoms with Crippen LogP contribution in [0.25, 0.3) is 0 Å². The second kappa shape index (κ2) is 36.6. The highest BCUT2D eigenvalue weighted by Gasteiger charge is 2.21. The number of benzene rings is 1. The van der Waals surface area contributed by atoms with Crippen LogP contribution in [0, 0.1) is 0 Å². The van der Waals surface area contributed by atoms with Crippen LogP contribution in [0.4, 0.5) is 0 Å². The molecule has 0 unspecified atom stereocenters. The fourth-order valence-corrected chi connectivity index (χ4v) is 8.28. The Balaban J connectivity index is -0.00000867. The number of hydrogen-bond acceptors (Lipinski definition) is 0. The van der Waals surface area contributed by atoms with Gasteiger partial charge in [0.1, 0.15) is 19.6 Å². The molecule has 1 aromatic carbocycles. The van der Waals surface area contributed by atoms with E-state index >= 15 is 0 Å². The molecule has 54 heavy (non-hydrogen) atoms. The Morgan fingerprint density at radius 2 is 0.500 bits per heavy atom. The van der Waals surface area contributed by atoms with Crippen molar-refractivity contribution in [2.24, 2.45) is 0 Å². The summed E-state index contributed by atoms with van der Waals surface area (Å²) < 4.78 is 3.18. The van der Waals surface area contributed by atoms with E-state index in [4.69, 9.17) is 0 Å². The zero-order valence-corrected chi connectivity index (χ0v) is 42.8. The topological polar surface area (TPSA) is 0 Å². The lowest BCUT2D eigenvalue weighted by atomic mass is 10.0. The molecule has 0 aliphatic carbocycles. The highest BCUT2D eigenvalue weighted by molar-refractivity contribution is 5.29. The van der Waals surface area contributed by atoms with Gasteiger partial charge >= 0.3 is 0 Å². The third-order valence-electron chi connectivity index (χ3n) is 11.2. The van der Waals surface area contributed by atoms with E-state index in [1.54, 1.807) is 11.1 Å². The largest absolute Gasteiger partial charge is 1.00 e. The molecule has 0 aliphatic heterocycles. The lowest BCUT2D eigenvalue weighted by molar-refractivity contribution is -0.904. The molecule has 0 bridgehead atoms. The first-order valence-corrected chi connectivity index (χ1v) is 22.9. The van der Waals surface area contributed by atoms with Gasteiger partial charge in [0, 0.05) is 16.7 Å². The molecule has 1 aromatic rings. The van der Waals surface area contributed by atoms with Gasteiger partial charge in [-0.25, -0.2) is 0 Å². The fourth-order valence-electron chi connectivity index (χ4n) is 8.28. The zero-order valence-electron chi connectivity index (χ0n) is 38.0. The summed E-state index contributed by atoms with van der Waals surface area (Å²) in [5.41, 5.74) is 4.61. The molecule has 0 atom stereocenters. The molecule has 3 nitrogen and oxygen atoms in total. The molecule has 6 heteroatoms. The van der Waals surface area contributed by atoms with Gasteiger partial charge in [-0.3, -0.25) is 0 Å². The molecule has 0 saturated carbocycles. The van der Waals surface area contributed by atoms with E-state index in [-0.39, 0.29) is 50.9 Å². The van der Waals surface area contributed by atoms with Gasteiger partial charge in [-0.1, -0.05) is 168 Å². The Hall–Kier alpha value is 0.540. The van der Waals surface area contributed by atoms with Gasteiger partial charge in [0.2, 0.25) is 0 Å². The van der Waals surface area contributed by atoms with E-state index in [1.165, 1.54) is 198 Å². The minimum atomic E-state index is 0. The van der Waals surface area contributed by atoms with Crippen molar-refractivity contribution in [3.63, 3.8) is 0 Å². The first-order valence-electron chi connectivity index (χ1n) is 22.9. The van der Waals surface area contributed by atoms with Crippen LogP contribution in [0.5, 0.6) is 0 Å². The average Bonchev–Trinajstić information content (AvgIpc) is 3.03. The minimum absolute atomic E-state index is 0. The summed E-state index contributed by atoms with van der Waals surface area (Å²) in [6.07, 6.45) is 40.2. The van der Waals surface area contributed by atoms with E-state index in [1.807, 2.05) is 0 Å². The van der Waals surface area contributed by atoms with Crippen LogP contribution < -0.4 is 50.9 Å². The third-order valence-corrected chi connectivity index (χ3v) is 11.2. The molecule has 0 N–H and O–H groups in total. The first-order chi connectivity index (χ1) is 24.4. The van der Waals surface area contributed by atoms with Gasteiger partial charge in [-0.15, -0.1) is 0 Å². The fraction of sp³-hybridized carbons (Fsp3) is 0.875. The molecule has 0 aliphatic rings. The summed E-state index contributed by atoms with van der Waals surface area (Å²) in [7, 11) is 16.8. The number of quaternary nitrogens is 3. The standard InChI is InChI=1S/C48H96N3.3BrH/c1-10-12-14-16-18-20-22-24-26-28-30-32-34-36-38-50(6,7)44-47-40-46(43-49(3,4)5)41-48(42-47)45-51(8,9)39-37-35-33-31-29-27-25-23-21-19-17-15-13-11-2;;;/h40-42H,10-39,43-45H2,1-9H3;3*1H/q+3;;;/p-3. The molecular formula is C48H96Br3N3.